The number of carbonyl (C=O) groups is 1. The number of aliphatic hydroxyl groups is 1. The van der Waals surface area contributed by atoms with E-state index in [0.717, 1.165) is 26.1 Å². The average molecular weight is 329 g/mol. The minimum Gasteiger partial charge on any atom is -0.391 e. The molecule has 1 atom stereocenters. The quantitative estimate of drug-likeness (QED) is 0.872. The van der Waals surface area contributed by atoms with E-state index >= 15 is 0 Å². The first-order chi connectivity index (χ1) is 11.6. The third-order valence-corrected chi connectivity index (χ3v) is 4.48. The van der Waals surface area contributed by atoms with E-state index in [2.05, 4.69) is 39.6 Å². The van der Waals surface area contributed by atoms with Gasteiger partial charge in [0, 0.05) is 25.7 Å². The van der Waals surface area contributed by atoms with Crippen LogP contribution in [0, 0.1) is 6.92 Å². The van der Waals surface area contributed by atoms with Crippen molar-refractivity contribution in [2.24, 2.45) is 0 Å². The Morgan fingerprint density at radius 1 is 1.42 bits per heavy atom. The fraction of sp³-hybridized carbons (Fsp3) is 0.444. The number of aromatic nitrogens is 1. The molecule has 2 N–H and O–H groups in total. The lowest BCUT2D eigenvalue weighted by Gasteiger charge is -2.31. The molecule has 1 amide bonds. The lowest BCUT2D eigenvalue weighted by Crippen LogP contribution is -2.43. The van der Waals surface area contributed by atoms with Gasteiger partial charge in [-0.15, -0.1) is 0 Å². The van der Waals surface area contributed by atoms with Gasteiger partial charge in [-0.25, -0.2) is 0 Å². The lowest BCUT2D eigenvalue weighted by molar-refractivity contribution is 0.0915. The normalized spacial score (nSPS) is 15.8. The highest BCUT2D eigenvalue weighted by molar-refractivity contribution is 5.93. The number of aryl methyl sites for hydroxylation is 1. The van der Waals surface area contributed by atoms with E-state index in [1.54, 1.807) is 6.92 Å². The van der Waals surface area contributed by atoms with Crippen molar-refractivity contribution in [3.63, 3.8) is 0 Å². The van der Waals surface area contributed by atoms with E-state index in [9.17, 15) is 9.90 Å². The highest BCUT2D eigenvalue weighted by Crippen LogP contribution is 2.18. The first-order valence-corrected chi connectivity index (χ1v) is 8.24. The van der Waals surface area contributed by atoms with Crippen molar-refractivity contribution in [3.05, 3.63) is 52.4 Å². The van der Waals surface area contributed by atoms with Gasteiger partial charge in [-0.2, -0.15) is 0 Å². The average Bonchev–Trinajstić information content (AvgIpc) is 2.95. The Morgan fingerprint density at radius 2 is 2.17 bits per heavy atom. The van der Waals surface area contributed by atoms with Gasteiger partial charge in [-0.3, -0.25) is 9.69 Å². The molecular formula is C18H23N3O3. The fourth-order valence-corrected chi connectivity index (χ4v) is 3.19. The van der Waals surface area contributed by atoms with Crippen LogP contribution >= 0.6 is 0 Å². The maximum absolute atomic E-state index is 12.3. The molecule has 0 aliphatic carbocycles. The second kappa shape index (κ2) is 7.15. The molecule has 2 heterocycles. The summed E-state index contributed by atoms with van der Waals surface area (Å²) in [6.07, 6.45) is 1.04. The maximum Gasteiger partial charge on any atom is 0.274 e. The standard InChI is InChI=1S/C18H23N3O3/c1-12(19-18(23)17-16(11-22)13(2)24-20-17)9-21-8-7-14-5-3-4-6-15(14)10-21/h3-6,12,22H,7-11H2,1-2H3,(H,19,23)/t12-/m0/s1. The molecule has 6 heteroatoms. The second-order valence-electron chi connectivity index (χ2n) is 6.35. The lowest BCUT2D eigenvalue weighted by atomic mass is 9.99. The monoisotopic (exact) mass is 329 g/mol. The summed E-state index contributed by atoms with van der Waals surface area (Å²) in [4.78, 5) is 14.7. The summed E-state index contributed by atoms with van der Waals surface area (Å²) in [5.74, 6) is 0.170. The number of aliphatic hydroxyl groups excluding tert-OH is 1. The maximum atomic E-state index is 12.3. The van der Waals surface area contributed by atoms with Crippen LogP contribution in [-0.2, 0) is 19.6 Å². The number of fused-ring (bicyclic) bond motifs is 1. The first kappa shape index (κ1) is 16.7. The molecule has 0 spiro atoms. The molecule has 0 unspecified atom stereocenters. The topological polar surface area (TPSA) is 78.6 Å². The van der Waals surface area contributed by atoms with Crippen molar-refractivity contribution < 1.29 is 14.4 Å². The molecule has 2 aromatic rings. The minimum absolute atomic E-state index is 0.0219. The van der Waals surface area contributed by atoms with Crippen LogP contribution in [0.4, 0.5) is 0 Å². The van der Waals surface area contributed by atoms with E-state index in [0.29, 0.717) is 11.3 Å². The number of hydrogen-bond donors (Lipinski definition) is 2. The van der Waals surface area contributed by atoms with E-state index in [1.165, 1.54) is 11.1 Å². The third kappa shape index (κ3) is 3.49. The second-order valence-corrected chi connectivity index (χ2v) is 6.35. The van der Waals surface area contributed by atoms with Gasteiger partial charge in [0.15, 0.2) is 5.69 Å². The fourth-order valence-electron chi connectivity index (χ4n) is 3.19. The molecular weight excluding hydrogens is 306 g/mol. The zero-order valence-electron chi connectivity index (χ0n) is 14.1. The zero-order valence-corrected chi connectivity index (χ0v) is 14.1. The Labute approximate surface area is 141 Å². The number of carbonyl (C=O) groups excluding carboxylic acids is 1. The summed E-state index contributed by atoms with van der Waals surface area (Å²) in [5, 5.41) is 16.0. The summed E-state index contributed by atoms with van der Waals surface area (Å²) in [7, 11) is 0. The molecule has 0 radical (unpaired) electrons. The van der Waals surface area contributed by atoms with Crippen LogP contribution < -0.4 is 5.32 Å². The molecule has 0 bridgehead atoms. The van der Waals surface area contributed by atoms with Crippen LogP contribution in [0.1, 0.15) is 39.9 Å². The van der Waals surface area contributed by atoms with Crippen LogP contribution in [0.25, 0.3) is 0 Å². The molecule has 1 aromatic carbocycles. The highest BCUT2D eigenvalue weighted by Gasteiger charge is 2.22. The summed E-state index contributed by atoms with van der Waals surface area (Å²) in [6.45, 7) is 6.07. The van der Waals surface area contributed by atoms with Gasteiger partial charge in [0.25, 0.3) is 5.91 Å². The molecule has 3 rings (SSSR count). The van der Waals surface area contributed by atoms with E-state index < -0.39 is 0 Å². The summed E-state index contributed by atoms with van der Waals surface area (Å²) >= 11 is 0. The van der Waals surface area contributed by atoms with Gasteiger partial charge in [-0.1, -0.05) is 29.4 Å². The highest BCUT2D eigenvalue weighted by atomic mass is 16.5. The number of nitrogens with one attached hydrogen (secondary N) is 1. The van der Waals surface area contributed by atoms with Crippen LogP contribution in [0.2, 0.25) is 0 Å². The van der Waals surface area contributed by atoms with Crippen molar-refractivity contribution in [1.29, 1.82) is 0 Å². The Morgan fingerprint density at radius 3 is 2.92 bits per heavy atom. The number of benzene rings is 1. The van der Waals surface area contributed by atoms with Crippen molar-refractivity contribution >= 4 is 5.91 Å². The minimum atomic E-state index is -0.305. The Hall–Kier alpha value is -2.18. The summed E-state index contributed by atoms with van der Waals surface area (Å²) in [5.41, 5.74) is 3.39. The van der Waals surface area contributed by atoms with Crippen molar-refractivity contribution in [1.82, 2.24) is 15.4 Å². The number of rotatable bonds is 5. The number of nitrogens with zero attached hydrogens (tertiary/aromatic N) is 2. The number of hydrogen-bond acceptors (Lipinski definition) is 5. The van der Waals surface area contributed by atoms with E-state index in [-0.39, 0.29) is 24.2 Å². The van der Waals surface area contributed by atoms with Crippen LogP contribution in [0.3, 0.4) is 0 Å². The van der Waals surface area contributed by atoms with Gasteiger partial charge >= 0.3 is 0 Å². The van der Waals surface area contributed by atoms with Crippen LogP contribution in [-0.4, -0.2) is 40.2 Å². The Balaban J connectivity index is 1.58. The predicted octanol–water partition coefficient (Wildman–Crippen LogP) is 1.65. The molecule has 0 saturated carbocycles. The van der Waals surface area contributed by atoms with Gasteiger partial charge in [0.2, 0.25) is 0 Å². The van der Waals surface area contributed by atoms with Gasteiger partial charge in [0.1, 0.15) is 5.76 Å². The molecule has 1 aliphatic heterocycles. The summed E-state index contributed by atoms with van der Waals surface area (Å²) < 4.78 is 5.00. The largest absolute Gasteiger partial charge is 0.391 e. The molecule has 24 heavy (non-hydrogen) atoms. The van der Waals surface area contributed by atoms with Gasteiger partial charge < -0.3 is 14.9 Å². The molecule has 128 valence electrons. The molecule has 1 aromatic heterocycles. The number of amides is 1. The molecule has 6 nitrogen and oxygen atoms in total. The molecule has 0 saturated heterocycles. The first-order valence-electron chi connectivity index (χ1n) is 8.24. The van der Waals surface area contributed by atoms with Crippen LogP contribution in [0.5, 0.6) is 0 Å². The Bertz CT molecular complexity index is 726. The van der Waals surface area contributed by atoms with Crippen LogP contribution in [0.15, 0.2) is 28.8 Å². The van der Waals surface area contributed by atoms with Crippen molar-refractivity contribution in [2.75, 3.05) is 13.1 Å². The smallest absolute Gasteiger partial charge is 0.274 e. The zero-order chi connectivity index (χ0) is 17.1. The Kier molecular flexibility index (Phi) is 4.97. The van der Waals surface area contributed by atoms with E-state index in [1.807, 2.05) is 6.92 Å². The SMILES string of the molecule is Cc1onc(C(=O)N[C@@H](C)CN2CCc3ccccc3C2)c1CO. The van der Waals surface area contributed by atoms with Gasteiger partial charge in [-0.05, 0) is 31.4 Å². The van der Waals surface area contributed by atoms with Crippen molar-refractivity contribution in [3.8, 4) is 0 Å². The third-order valence-electron chi connectivity index (χ3n) is 4.48. The molecule has 1 aliphatic rings. The summed E-state index contributed by atoms with van der Waals surface area (Å²) in [6, 6.07) is 8.47. The molecule has 0 fully saturated rings. The van der Waals surface area contributed by atoms with E-state index in [4.69, 9.17) is 4.52 Å². The van der Waals surface area contributed by atoms with Crippen molar-refractivity contribution in [2.45, 2.75) is 39.5 Å². The van der Waals surface area contributed by atoms with Gasteiger partial charge in [0.05, 0.1) is 12.2 Å². The predicted molar refractivity (Wildman–Crippen MR) is 89.5 cm³/mol.